The maximum absolute atomic E-state index is 6.13. The molecule has 0 radical (unpaired) electrons. The smallest absolute Gasteiger partial charge is 0.142 e. The highest BCUT2D eigenvalue weighted by molar-refractivity contribution is 6.35. The average Bonchev–Trinajstić information content (AvgIpc) is 2.18. The van der Waals surface area contributed by atoms with Gasteiger partial charge in [-0.05, 0) is 39.8 Å². The molecule has 1 aromatic rings. The molecule has 18 heavy (non-hydrogen) atoms. The molecule has 0 heterocycles. The molecule has 0 unspecified atom stereocenters. The van der Waals surface area contributed by atoms with Crippen molar-refractivity contribution in [3.63, 3.8) is 0 Å². The molecule has 1 rings (SSSR count). The molecule has 0 fully saturated rings. The van der Waals surface area contributed by atoms with Crippen molar-refractivity contribution < 1.29 is 17.1 Å². The summed E-state index contributed by atoms with van der Waals surface area (Å²) in [6.45, 7) is 9.54. The van der Waals surface area contributed by atoms with Crippen molar-refractivity contribution in [1.82, 2.24) is 5.32 Å². The third-order valence-electron chi connectivity index (χ3n) is 2.18. The molecular weight excluding hydrogens is 293 g/mol. The van der Waals surface area contributed by atoms with Crippen molar-refractivity contribution in [2.45, 2.75) is 39.8 Å². The monoisotopic (exact) mass is 310 g/mol. The summed E-state index contributed by atoms with van der Waals surface area (Å²) in [7, 11) is 0. The molecule has 1 N–H and O–H groups in total. The van der Waals surface area contributed by atoms with Crippen LogP contribution < -0.4 is 22.5 Å². The highest BCUT2D eigenvalue weighted by atomic mass is 35.5. The lowest BCUT2D eigenvalue weighted by Crippen LogP contribution is -3.00. The Bertz CT molecular complexity index is 389. The van der Waals surface area contributed by atoms with Crippen LogP contribution >= 0.6 is 23.2 Å². The number of hydrogen-bond acceptors (Lipinski definition) is 2. The van der Waals surface area contributed by atoms with Gasteiger partial charge in [0.15, 0.2) is 0 Å². The first kappa shape index (κ1) is 17.8. The van der Waals surface area contributed by atoms with Gasteiger partial charge in [-0.15, -0.1) is 0 Å². The van der Waals surface area contributed by atoms with E-state index in [9.17, 15) is 0 Å². The second-order valence-corrected chi connectivity index (χ2v) is 5.76. The van der Waals surface area contributed by atoms with Crippen LogP contribution in [0.1, 0.15) is 33.3 Å². The van der Waals surface area contributed by atoms with Gasteiger partial charge in [0.05, 0.1) is 11.6 Å². The van der Waals surface area contributed by atoms with E-state index in [1.54, 1.807) is 6.07 Å². The van der Waals surface area contributed by atoms with Gasteiger partial charge >= 0.3 is 0 Å². The summed E-state index contributed by atoms with van der Waals surface area (Å²) < 4.78 is 5.56. The number of ether oxygens (including phenoxy) is 1. The Balaban J connectivity index is 0.00000289. The van der Waals surface area contributed by atoms with Gasteiger partial charge in [-0.2, -0.15) is 0 Å². The molecule has 0 bridgehead atoms. The van der Waals surface area contributed by atoms with Crippen LogP contribution in [0.5, 0.6) is 5.75 Å². The number of rotatable bonds is 4. The van der Waals surface area contributed by atoms with Gasteiger partial charge in [0, 0.05) is 22.7 Å². The van der Waals surface area contributed by atoms with Crippen LogP contribution in [0.4, 0.5) is 0 Å². The van der Waals surface area contributed by atoms with E-state index in [2.05, 4.69) is 26.1 Å². The van der Waals surface area contributed by atoms with Gasteiger partial charge in [0.1, 0.15) is 5.75 Å². The predicted molar refractivity (Wildman–Crippen MR) is 74.2 cm³/mol. The largest absolute Gasteiger partial charge is 1.00 e. The molecule has 0 aliphatic carbocycles. The van der Waals surface area contributed by atoms with Gasteiger partial charge in [-0.1, -0.05) is 23.2 Å². The zero-order valence-electron chi connectivity index (χ0n) is 11.1. The van der Waals surface area contributed by atoms with Crippen LogP contribution in [-0.4, -0.2) is 12.1 Å². The molecule has 5 heteroatoms. The Labute approximate surface area is 125 Å². The summed E-state index contributed by atoms with van der Waals surface area (Å²) in [4.78, 5) is 0. The first-order valence-corrected chi connectivity index (χ1v) is 6.45. The Kier molecular flexibility index (Phi) is 7.38. The maximum atomic E-state index is 6.13. The molecule has 0 aromatic heterocycles. The molecule has 0 amide bonds. The van der Waals surface area contributed by atoms with Gasteiger partial charge < -0.3 is 22.5 Å². The van der Waals surface area contributed by atoms with E-state index < -0.39 is 0 Å². The lowest BCUT2D eigenvalue weighted by Gasteiger charge is -2.22. The molecule has 104 valence electrons. The van der Waals surface area contributed by atoms with E-state index >= 15 is 0 Å². The lowest BCUT2D eigenvalue weighted by molar-refractivity contribution is -0.00000466. The fourth-order valence-corrected chi connectivity index (χ4v) is 2.00. The van der Waals surface area contributed by atoms with Gasteiger partial charge in [-0.3, -0.25) is 0 Å². The zero-order chi connectivity index (χ0) is 13.1. The van der Waals surface area contributed by atoms with Crippen LogP contribution in [0, 0.1) is 0 Å². The molecule has 0 aliphatic rings. The second-order valence-electron chi connectivity index (χ2n) is 4.91. The van der Waals surface area contributed by atoms with Crippen LogP contribution in [0.3, 0.4) is 0 Å². The minimum Gasteiger partial charge on any atom is -1.00 e. The van der Waals surface area contributed by atoms with Crippen LogP contribution in [0.2, 0.25) is 10.0 Å². The Hall–Kier alpha value is -0.150. The highest BCUT2D eigenvalue weighted by Crippen LogP contribution is 2.32. The van der Waals surface area contributed by atoms with Crippen LogP contribution in [0.25, 0.3) is 0 Å². The first-order valence-electron chi connectivity index (χ1n) is 5.69. The van der Waals surface area contributed by atoms with Crippen molar-refractivity contribution >= 4 is 23.2 Å². The normalized spacial score (nSPS) is 11.0. The third kappa shape index (κ3) is 5.66. The van der Waals surface area contributed by atoms with Crippen molar-refractivity contribution in [2.75, 3.05) is 6.61 Å². The fourth-order valence-electron chi connectivity index (χ4n) is 1.41. The fraction of sp³-hybridized carbons (Fsp3) is 0.538. The van der Waals surface area contributed by atoms with Gasteiger partial charge in [0.25, 0.3) is 0 Å². The quantitative estimate of drug-likeness (QED) is 0.904. The van der Waals surface area contributed by atoms with E-state index in [4.69, 9.17) is 27.9 Å². The number of hydrogen-bond donors (Lipinski definition) is 1. The summed E-state index contributed by atoms with van der Waals surface area (Å²) in [6.07, 6.45) is 0. The minimum atomic E-state index is 0. The number of halogens is 3. The number of benzene rings is 1. The molecule has 0 saturated carbocycles. The van der Waals surface area contributed by atoms with Crippen molar-refractivity contribution in [1.29, 1.82) is 0 Å². The summed E-state index contributed by atoms with van der Waals surface area (Å²) in [5.74, 6) is 0.718. The minimum absolute atomic E-state index is 0. The Morgan fingerprint density at radius 3 is 2.33 bits per heavy atom. The van der Waals surface area contributed by atoms with E-state index in [0.29, 0.717) is 23.2 Å². The molecule has 0 spiro atoms. The van der Waals surface area contributed by atoms with Crippen molar-refractivity contribution in [3.8, 4) is 5.75 Å². The predicted octanol–water partition coefficient (Wildman–Crippen LogP) is 1.28. The molecular formula is C13H19Cl3NO-. The summed E-state index contributed by atoms with van der Waals surface area (Å²) in [6, 6.07) is 3.59. The Morgan fingerprint density at radius 2 is 1.83 bits per heavy atom. The standard InChI is InChI=1S/C13H19Cl2NO.ClH/c1-5-17-12-9(8-16-13(2,3)4)6-10(14)7-11(12)15;/h6-7,16H,5,8H2,1-4H3;1H/p-1. The maximum Gasteiger partial charge on any atom is 0.142 e. The van der Waals surface area contributed by atoms with Crippen LogP contribution in [0.15, 0.2) is 12.1 Å². The van der Waals surface area contributed by atoms with Gasteiger partial charge in [0.2, 0.25) is 0 Å². The van der Waals surface area contributed by atoms with E-state index in [0.717, 1.165) is 11.3 Å². The SMILES string of the molecule is CCOc1c(Cl)cc(Cl)cc1CNC(C)(C)C.[Cl-]. The molecule has 0 atom stereocenters. The summed E-state index contributed by atoms with van der Waals surface area (Å²) in [5, 5.41) is 4.58. The zero-order valence-corrected chi connectivity index (χ0v) is 13.4. The average molecular weight is 312 g/mol. The molecule has 0 aliphatic heterocycles. The van der Waals surface area contributed by atoms with Crippen molar-refractivity contribution in [2.24, 2.45) is 0 Å². The number of nitrogens with one attached hydrogen (secondary N) is 1. The van der Waals surface area contributed by atoms with E-state index in [-0.39, 0.29) is 17.9 Å². The molecule has 0 saturated heterocycles. The van der Waals surface area contributed by atoms with E-state index in [1.165, 1.54) is 0 Å². The third-order valence-corrected chi connectivity index (χ3v) is 2.68. The molecule has 2 nitrogen and oxygen atoms in total. The lowest BCUT2D eigenvalue weighted by atomic mass is 10.1. The second kappa shape index (κ2) is 7.44. The summed E-state index contributed by atoms with van der Waals surface area (Å²) >= 11 is 12.1. The van der Waals surface area contributed by atoms with Crippen LogP contribution in [-0.2, 0) is 6.54 Å². The molecule has 1 aromatic carbocycles. The topological polar surface area (TPSA) is 21.3 Å². The highest BCUT2D eigenvalue weighted by Gasteiger charge is 2.14. The summed E-state index contributed by atoms with van der Waals surface area (Å²) in [5.41, 5.74) is 1.03. The van der Waals surface area contributed by atoms with Gasteiger partial charge in [-0.25, -0.2) is 0 Å². The Morgan fingerprint density at radius 1 is 1.22 bits per heavy atom. The first-order chi connectivity index (χ1) is 7.83. The van der Waals surface area contributed by atoms with Crippen molar-refractivity contribution in [3.05, 3.63) is 27.7 Å². The van der Waals surface area contributed by atoms with E-state index in [1.807, 2.05) is 13.0 Å².